The average molecular weight is 512 g/mol. The van der Waals surface area contributed by atoms with E-state index in [0.717, 1.165) is 83.7 Å². The lowest BCUT2D eigenvalue weighted by molar-refractivity contribution is 0.0952. The highest BCUT2D eigenvalue weighted by Gasteiger charge is 2.12. The molecule has 0 bridgehead atoms. The van der Waals surface area contributed by atoms with Crippen molar-refractivity contribution in [1.82, 2.24) is 14.9 Å². The Hall–Kier alpha value is -4.06. The lowest BCUT2D eigenvalue weighted by Crippen LogP contribution is -2.25. The van der Waals surface area contributed by atoms with Crippen molar-refractivity contribution in [1.29, 1.82) is 0 Å². The lowest BCUT2D eigenvalue weighted by Gasteiger charge is -2.13. The predicted molar refractivity (Wildman–Crippen MR) is 153 cm³/mol. The van der Waals surface area contributed by atoms with Crippen molar-refractivity contribution in [2.45, 2.75) is 45.6 Å². The molecule has 3 aromatic carbocycles. The molecule has 0 aliphatic carbocycles. The van der Waals surface area contributed by atoms with E-state index in [1.54, 1.807) is 7.11 Å². The summed E-state index contributed by atoms with van der Waals surface area (Å²) >= 11 is 0. The monoisotopic (exact) mass is 511 g/mol. The molecule has 0 aliphatic heterocycles. The fraction of sp³-hybridized carbons (Fsp3) is 0.312. The summed E-state index contributed by atoms with van der Waals surface area (Å²) in [6.07, 6.45) is 6.19. The van der Waals surface area contributed by atoms with Gasteiger partial charge >= 0.3 is 0 Å². The van der Waals surface area contributed by atoms with Gasteiger partial charge in [-0.3, -0.25) is 4.79 Å². The maximum atomic E-state index is 12.5. The zero-order valence-electron chi connectivity index (χ0n) is 22.4. The molecule has 198 valence electrons. The molecule has 1 N–H and O–H groups in total. The van der Waals surface area contributed by atoms with Gasteiger partial charge < -0.3 is 19.4 Å². The second-order valence-corrected chi connectivity index (χ2v) is 9.38. The molecule has 0 aliphatic rings. The maximum Gasteiger partial charge on any atom is 0.251 e. The number of allylic oxidation sites excluding steroid dienone is 1. The van der Waals surface area contributed by atoms with Crippen LogP contribution >= 0.6 is 0 Å². The number of imidazole rings is 1. The second-order valence-electron chi connectivity index (χ2n) is 9.38. The van der Waals surface area contributed by atoms with Crippen LogP contribution in [0.25, 0.3) is 11.0 Å². The Labute approximate surface area is 225 Å². The molecule has 6 heteroatoms. The van der Waals surface area contributed by atoms with E-state index in [2.05, 4.69) is 34.7 Å². The maximum absolute atomic E-state index is 12.5. The Balaban J connectivity index is 1.30. The standard InChI is InChI=1S/C32H37N3O3/c1-4-12-25-18-19-29(30(23-25)37-3)38-22-10-9-21-35-28-16-8-7-15-27(28)34-31(35)17-11-20-33-32(36)26-14-6-5-13-24(26)2/h4-8,13-16,18-19,23H,1,9-12,17,20-22H2,2-3H3,(H,33,36). The minimum absolute atomic E-state index is 0.0245. The van der Waals surface area contributed by atoms with Gasteiger partial charge in [-0.2, -0.15) is 0 Å². The summed E-state index contributed by atoms with van der Waals surface area (Å²) in [7, 11) is 1.67. The number of fused-ring (bicyclic) bond motifs is 1. The Kier molecular flexibility index (Phi) is 9.57. The van der Waals surface area contributed by atoms with Gasteiger partial charge in [0.25, 0.3) is 5.91 Å². The summed E-state index contributed by atoms with van der Waals surface area (Å²) in [5, 5.41) is 3.05. The van der Waals surface area contributed by atoms with Crippen LogP contribution in [0.5, 0.6) is 11.5 Å². The van der Waals surface area contributed by atoms with Crippen LogP contribution in [-0.4, -0.2) is 35.7 Å². The summed E-state index contributed by atoms with van der Waals surface area (Å²) in [6, 6.07) is 21.9. The fourth-order valence-corrected chi connectivity index (χ4v) is 4.62. The molecular weight excluding hydrogens is 474 g/mol. The quantitative estimate of drug-likeness (QED) is 0.159. The van der Waals surface area contributed by atoms with Gasteiger partial charge in [0.15, 0.2) is 11.5 Å². The minimum atomic E-state index is -0.0245. The van der Waals surface area contributed by atoms with Crippen LogP contribution in [-0.2, 0) is 19.4 Å². The van der Waals surface area contributed by atoms with E-state index in [4.69, 9.17) is 14.5 Å². The van der Waals surface area contributed by atoms with Crippen molar-refractivity contribution in [3.8, 4) is 11.5 Å². The number of nitrogens with zero attached hydrogens (tertiary/aromatic N) is 2. The Morgan fingerprint density at radius 2 is 1.84 bits per heavy atom. The number of hydrogen-bond donors (Lipinski definition) is 1. The van der Waals surface area contributed by atoms with Crippen LogP contribution in [0.15, 0.2) is 79.4 Å². The third-order valence-electron chi connectivity index (χ3n) is 6.63. The highest BCUT2D eigenvalue weighted by Crippen LogP contribution is 2.28. The molecule has 0 unspecified atom stereocenters. The molecule has 0 saturated heterocycles. The molecule has 38 heavy (non-hydrogen) atoms. The van der Waals surface area contributed by atoms with Gasteiger partial charge in [0.05, 0.1) is 24.8 Å². The van der Waals surface area contributed by atoms with Gasteiger partial charge in [-0.15, -0.1) is 6.58 Å². The van der Waals surface area contributed by atoms with Crippen molar-refractivity contribution >= 4 is 16.9 Å². The molecule has 6 nitrogen and oxygen atoms in total. The molecule has 1 aromatic heterocycles. The number of unbranched alkanes of at least 4 members (excludes halogenated alkanes) is 1. The SMILES string of the molecule is C=CCc1ccc(OCCCCn2c(CCCNC(=O)c3ccccc3C)nc3ccccc32)c(OC)c1. The molecule has 0 spiro atoms. The largest absolute Gasteiger partial charge is 0.493 e. The van der Waals surface area contributed by atoms with Gasteiger partial charge in [-0.25, -0.2) is 4.98 Å². The highest BCUT2D eigenvalue weighted by molar-refractivity contribution is 5.95. The zero-order chi connectivity index (χ0) is 26.7. The van der Waals surface area contributed by atoms with Crippen molar-refractivity contribution in [2.24, 2.45) is 0 Å². The normalized spacial score (nSPS) is 10.9. The first kappa shape index (κ1) is 27.0. The number of rotatable bonds is 14. The Morgan fingerprint density at radius 3 is 2.66 bits per heavy atom. The third-order valence-corrected chi connectivity index (χ3v) is 6.63. The van der Waals surface area contributed by atoms with E-state index in [-0.39, 0.29) is 5.91 Å². The third kappa shape index (κ3) is 6.82. The number of aryl methyl sites for hydroxylation is 3. The smallest absolute Gasteiger partial charge is 0.251 e. The molecule has 1 amide bonds. The van der Waals surface area contributed by atoms with E-state index >= 15 is 0 Å². The van der Waals surface area contributed by atoms with E-state index in [0.29, 0.717) is 13.2 Å². The topological polar surface area (TPSA) is 65.4 Å². The number of nitrogens with one attached hydrogen (secondary N) is 1. The van der Waals surface area contributed by atoms with E-state index in [1.807, 2.05) is 61.5 Å². The predicted octanol–water partition coefficient (Wildman–Crippen LogP) is 6.30. The number of amides is 1. The number of carbonyl (C=O) groups excluding carboxylic acids is 1. The first-order valence-corrected chi connectivity index (χ1v) is 13.3. The van der Waals surface area contributed by atoms with Gasteiger partial charge in [0.1, 0.15) is 5.82 Å². The second kappa shape index (κ2) is 13.5. The van der Waals surface area contributed by atoms with Gasteiger partial charge in [0.2, 0.25) is 0 Å². The number of benzene rings is 3. The van der Waals surface area contributed by atoms with Crippen LogP contribution in [0.3, 0.4) is 0 Å². The van der Waals surface area contributed by atoms with Crippen molar-refractivity contribution in [3.05, 3.63) is 102 Å². The van der Waals surface area contributed by atoms with Gasteiger partial charge in [-0.05, 0) is 74.1 Å². The van der Waals surface area contributed by atoms with Crippen molar-refractivity contribution < 1.29 is 14.3 Å². The summed E-state index contributed by atoms with van der Waals surface area (Å²) in [5.41, 5.74) is 5.02. The molecule has 0 fully saturated rings. The number of aromatic nitrogens is 2. The molecule has 4 rings (SSSR count). The minimum Gasteiger partial charge on any atom is -0.493 e. The molecule has 4 aromatic rings. The number of ether oxygens (including phenoxy) is 2. The van der Waals surface area contributed by atoms with Crippen LogP contribution in [0.4, 0.5) is 0 Å². The summed E-state index contributed by atoms with van der Waals surface area (Å²) in [4.78, 5) is 17.4. The van der Waals surface area contributed by atoms with E-state index < -0.39 is 0 Å². The van der Waals surface area contributed by atoms with Crippen molar-refractivity contribution in [3.63, 3.8) is 0 Å². The summed E-state index contributed by atoms with van der Waals surface area (Å²) in [5.74, 6) is 2.55. The first-order chi connectivity index (χ1) is 18.6. The number of hydrogen-bond acceptors (Lipinski definition) is 4. The molecule has 0 radical (unpaired) electrons. The number of methoxy groups -OCH3 is 1. The number of para-hydroxylation sites is 2. The van der Waals surface area contributed by atoms with Crippen LogP contribution in [0.2, 0.25) is 0 Å². The van der Waals surface area contributed by atoms with Gasteiger partial charge in [-0.1, -0.05) is 42.5 Å². The fourth-order valence-electron chi connectivity index (χ4n) is 4.62. The van der Waals surface area contributed by atoms with Crippen LogP contribution < -0.4 is 14.8 Å². The van der Waals surface area contributed by atoms with E-state index in [1.165, 1.54) is 0 Å². The molecule has 1 heterocycles. The van der Waals surface area contributed by atoms with E-state index in [9.17, 15) is 4.79 Å². The number of carbonyl (C=O) groups is 1. The molecular formula is C32H37N3O3. The first-order valence-electron chi connectivity index (χ1n) is 13.3. The molecule has 0 atom stereocenters. The summed E-state index contributed by atoms with van der Waals surface area (Å²) in [6.45, 7) is 7.84. The zero-order valence-corrected chi connectivity index (χ0v) is 22.4. The van der Waals surface area contributed by atoms with Crippen molar-refractivity contribution in [2.75, 3.05) is 20.3 Å². The summed E-state index contributed by atoms with van der Waals surface area (Å²) < 4.78 is 13.8. The van der Waals surface area contributed by atoms with Crippen LogP contribution in [0.1, 0.15) is 46.6 Å². The van der Waals surface area contributed by atoms with Gasteiger partial charge in [0, 0.05) is 25.1 Å². The molecule has 0 saturated carbocycles. The van der Waals surface area contributed by atoms with Crippen LogP contribution in [0, 0.1) is 6.92 Å². The highest BCUT2D eigenvalue weighted by atomic mass is 16.5. The lowest BCUT2D eigenvalue weighted by atomic mass is 10.1. The average Bonchev–Trinajstić information content (AvgIpc) is 3.29. The Bertz CT molecular complexity index is 1380. The Morgan fingerprint density at radius 1 is 1.03 bits per heavy atom.